The van der Waals surface area contributed by atoms with Crippen LogP contribution in [-0.2, 0) is 54.4 Å². The van der Waals surface area contributed by atoms with Gasteiger partial charge in [-0.2, -0.15) is 0 Å². The smallest absolute Gasteiger partial charge is 0.0654 e. The minimum Gasteiger partial charge on any atom is -0.378 e. The molecule has 0 radical (unpaired) electrons. The molecule has 474 valence electrons. The standard InChI is InChI=1S/C64H120N8O8.Ni/c1-9-17-33-73-41-25-26-42(74-34-18-10-2)50-49(41)57-65-58(50)70-60-53-45(77-37-21-13-5)29-30-46(78-38-22-14-6)54(53)62(67-60)72-64-56-48(80-40-24-16-8)32-31-47(79-39-23-15-7)55(56)63(68-64)71-61-52-44(76-36-20-12-4)28-27-43(75-35-19-11-3)51(52)59(66-61)69-57;/h41-72H,9-40H2,1-8H3;. The topological polar surface area (TPSA) is 170 Å². The van der Waals surface area contributed by atoms with Gasteiger partial charge in [-0.15, -0.1) is 0 Å². The molecule has 0 aromatic carbocycles. The van der Waals surface area contributed by atoms with E-state index in [-0.39, 0.29) is 162 Å². The summed E-state index contributed by atoms with van der Waals surface area (Å²) < 4.78 is 57.2. The molecule has 16 unspecified atom stereocenters. The molecule has 4 saturated carbocycles. The molecule has 0 aromatic heterocycles. The van der Waals surface area contributed by atoms with Gasteiger partial charge in [0, 0.05) is 117 Å². The Kier molecular flexibility index (Phi) is 28.5. The number of ether oxygens (including phenoxy) is 8. The molecule has 9 aliphatic rings. The molecule has 8 bridgehead atoms. The van der Waals surface area contributed by atoms with E-state index in [2.05, 4.69) is 97.9 Å². The number of hydrogen-bond donors (Lipinski definition) is 8. The van der Waals surface area contributed by atoms with E-state index < -0.39 is 0 Å². The SMILES string of the molecule is CCCCOC1CCC(OCCCC)C2C3NC(NC4NC(NC5NC(NC6NC(N3)C3C(OCCCC)CCC(OCCCC)C63)C3C(OCCCC)CCC(OCCCC)C53)C3C(OCCCC)CCC(OCCCC)C43)C12.[Ni]. The van der Waals surface area contributed by atoms with Crippen molar-refractivity contribution >= 4 is 0 Å². The molecule has 5 saturated heterocycles. The van der Waals surface area contributed by atoms with Crippen LogP contribution in [0.2, 0.25) is 0 Å². The Labute approximate surface area is 502 Å². The molecule has 81 heavy (non-hydrogen) atoms. The maximum atomic E-state index is 7.15. The molecule has 16 atom stereocenters. The first kappa shape index (κ1) is 66.8. The van der Waals surface area contributed by atoms with Crippen molar-refractivity contribution < 1.29 is 54.4 Å². The molecule has 4 aliphatic carbocycles. The first-order chi connectivity index (χ1) is 39.4. The Hall–Kier alpha value is -0.146. The fraction of sp³-hybridized carbons (Fsp3) is 1.00. The third-order valence-electron chi connectivity index (χ3n) is 20.7. The van der Waals surface area contributed by atoms with E-state index in [1.807, 2.05) is 0 Å². The van der Waals surface area contributed by atoms with Crippen LogP contribution in [0.4, 0.5) is 0 Å². The van der Waals surface area contributed by atoms with Crippen LogP contribution in [0.25, 0.3) is 0 Å². The van der Waals surface area contributed by atoms with Crippen LogP contribution in [0.15, 0.2) is 0 Å². The molecule has 5 heterocycles. The molecule has 5 aliphatic heterocycles. The normalized spacial score (nSPS) is 41.8. The van der Waals surface area contributed by atoms with E-state index in [0.29, 0.717) is 0 Å². The second kappa shape index (κ2) is 34.6. The number of hydrogen-bond acceptors (Lipinski definition) is 16. The molecule has 0 aromatic rings. The first-order valence-corrected chi connectivity index (χ1v) is 34.4. The van der Waals surface area contributed by atoms with Crippen LogP contribution in [-0.4, -0.2) is 151 Å². The molecule has 17 heteroatoms. The summed E-state index contributed by atoms with van der Waals surface area (Å²) in [6.07, 6.45) is 25.6. The van der Waals surface area contributed by atoms with E-state index in [1.165, 1.54) is 0 Å². The zero-order valence-electron chi connectivity index (χ0n) is 52.1. The Balaban J connectivity index is 0.00000860. The average molecular weight is 1190 g/mol. The number of fused-ring (bicyclic) bond motifs is 20. The van der Waals surface area contributed by atoms with Gasteiger partial charge < -0.3 is 37.9 Å². The molecule has 0 amide bonds. The summed E-state index contributed by atoms with van der Waals surface area (Å²) in [5.41, 5.74) is 0. The molecule has 8 N–H and O–H groups in total. The van der Waals surface area contributed by atoms with Gasteiger partial charge in [-0.25, -0.2) is 0 Å². The predicted molar refractivity (Wildman–Crippen MR) is 317 cm³/mol. The van der Waals surface area contributed by atoms with Gasteiger partial charge >= 0.3 is 0 Å². The van der Waals surface area contributed by atoms with Crippen LogP contribution in [0.1, 0.15) is 209 Å². The van der Waals surface area contributed by atoms with E-state index in [9.17, 15) is 0 Å². The third kappa shape index (κ3) is 16.4. The van der Waals surface area contributed by atoms with Crippen LogP contribution in [0, 0.1) is 47.3 Å². The van der Waals surface area contributed by atoms with Crippen molar-refractivity contribution in [3.8, 4) is 0 Å². The van der Waals surface area contributed by atoms with Gasteiger partial charge in [0.1, 0.15) is 0 Å². The van der Waals surface area contributed by atoms with Gasteiger partial charge in [0.25, 0.3) is 0 Å². The Morgan fingerprint density at radius 3 is 0.420 bits per heavy atom. The first-order valence-electron chi connectivity index (χ1n) is 34.4. The minimum absolute atomic E-state index is 0. The van der Waals surface area contributed by atoms with E-state index in [0.717, 1.165) is 207 Å². The summed E-state index contributed by atoms with van der Waals surface area (Å²) >= 11 is 0. The zero-order chi connectivity index (χ0) is 55.8. The van der Waals surface area contributed by atoms with Gasteiger partial charge in [0.15, 0.2) is 0 Å². The van der Waals surface area contributed by atoms with Crippen LogP contribution in [0.3, 0.4) is 0 Å². The van der Waals surface area contributed by atoms with Crippen molar-refractivity contribution in [2.24, 2.45) is 47.3 Å². The maximum Gasteiger partial charge on any atom is 0.0654 e. The van der Waals surface area contributed by atoms with Gasteiger partial charge in [0.05, 0.1) is 98.2 Å². The zero-order valence-corrected chi connectivity index (χ0v) is 53.1. The fourth-order valence-corrected chi connectivity index (χ4v) is 16.6. The summed E-state index contributed by atoms with van der Waals surface area (Å²) in [5, 5.41) is 35.5. The summed E-state index contributed by atoms with van der Waals surface area (Å²) in [4.78, 5) is 0. The fourth-order valence-electron chi connectivity index (χ4n) is 16.6. The van der Waals surface area contributed by atoms with Crippen molar-refractivity contribution in [3.05, 3.63) is 0 Å². The van der Waals surface area contributed by atoms with Crippen molar-refractivity contribution in [2.75, 3.05) is 52.9 Å². The van der Waals surface area contributed by atoms with Gasteiger partial charge in [0.2, 0.25) is 0 Å². The van der Waals surface area contributed by atoms with Gasteiger partial charge in [-0.1, -0.05) is 107 Å². The molecule has 9 fully saturated rings. The van der Waals surface area contributed by atoms with Crippen LogP contribution < -0.4 is 42.5 Å². The Bertz CT molecular complexity index is 1390. The Morgan fingerprint density at radius 1 is 0.210 bits per heavy atom. The van der Waals surface area contributed by atoms with Crippen molar-refractivity contribution in [1.82, 2.24) is 42.5 Å². The summed E-state index contributed by atoms with van der Waals surface area (Å²) in [5.74, 6) is 1.32. The molecular formula is C64H120N8NiO8. The van der Waals surface area contributed by atoms with Crippen molar-refractivity contribution in [3.63, 3.8) is 0 Å². The second-order valence-corrected chi connectivity index (χ2v) is 26.2. The monoisotopic (exact) mass is 1190 g/mol. The molecule has 16 nitrogen and oxygen atoms in total. The second-order valence-electron chi connectivity index (χ2n) is 26.2. The van der Waals surface area contributed by atoms with Crippen molar-refractivity contribution in [2.45, 2.75) is 308 Å². The summed E-state index contributed by atoms with van der Waals surface area (Å²) in [7, 11) is 0. The largest absolute Gasteiger partial charge is 0.378 e. The van der Waals surface area contributed by atoms with E-state index in [1.54, 1.807) is 0 Å². The van der Waals surface area contributed by atoms with E-state index in [4.69, 9.17) is 37.9 Å². The number of nitrogens with one attached hydrogen (secondary N) is 8. The third-order valence-corrected chi connectivity index (χ3v) is 20.7. The van der Waals surface area contributed by atoms with Crippen LogP contribution >= 0.6 is 0 Å². The van der Waals surface area contributed by atoms with Crippen molar-refractivity contribution in [1.29, 1.82) is 0 Å². The predicted octanol–water partition coefficient (Wildman–Crippen LogP) is 8.96. The maximum absolute atomic E-state index is 7.15. The van der Waals surface area contributed by atoms with Crippen LogP contribution in [0.5, 0.6) is 0 Å². The summed E-state index contributed by atoms with van der Waals surface area (Å²) in [6.45, 7) is 24.5. The average Bonchev–Trinajstić information content (AvgIpc) is 4.36. The quantitative estimate of drug-likeness (QED) is 0.0237. The van der Waals surface area contributed by atoms with Gasteiger partial charge in [-0.3, -0.25) is 42.5 Å². The molecular weight excluding hydrogens is 1070 g/mol. The number of unbranched alkanes of at least 4 members (excludes halogenated alkanes) is 8. The van der Waals surface area contributed by atoms with Gasteiger partial charge in [-0.05, 0) is 103 Å². The number of rotatable bonds is 32. The van der Waals surface area contributed by atoms with E-state index >= 15 is 0 Å². The Morgan fingerprint density at radius 2 is 0.321 bits per heavy atom. The minimum atomic E-state index is -0.0579. The molecule has 0 spiro atoms. The molecule has 9 rings (SSSR count). The summed E-state index contributed by atoms with van der Waals surface area (Å²) in [6, 6.07) is 0.